The molecule has 3 aromatic rings. The molecule has 1 aromatic heterocycles. The van der Waals surface area contributed by atoms with Gasteiger partial charge < -0.3 is 10.4 Å². The first-order chi connectivity index (χ1) is 10.1. The second kappa shape index (κ2) is 5.28. The summed E-state index contributed by atoms with van der Waals surface area (Å²) in [6.45, 7) is 1.95. The van der Waals surface area contributed by atoms with Crippen LogP contribution in [-0.4, -0.2) is 21.2 Å². The number of nitrogens with one attached hydrogen (secondary N) is 2. The van der Waals surface area contributed by atoms with Crippen LogP contribution in [-0.2, 0) is 11.2 Å². The smallest absolute Gasteiger partial charge is 0.228 e. The van der Waals surface area contributed by atoms with Crippen molar-refractivity contribution in [1.82, 2.24) is 10.2 Å². The fourth-order valence-corrected chi connectivity index (χ4v) is 2.28. The third-order valence-corrected chi connectivity index (χ3v) is 3.30. The van der Waals surface area contributed by atoms with E-state index < -0.39 is 0 Å². The molecule has 106 valence electrons. The summed E-state index contributed by atoms with van der Waals surface area (Å²) in [7, 11) is 0. The van der Waals surface area contributed by atoms with Crippen molar-refractivity contribution in [1.29, 1.82) is 0 Å². The number of hydrogen-bond donors (Lipinski definition) is 3. The van der Waals surface area contributed by atoms with Crippen molar-refractivity contribution in [2.75, 3.05) is 5.32 Å². The Bertz CT molecular complexity index is 808. The standard InChI is InChI=1S/C16H15N3O2/c1-10-14-6-5-12(9-15(14)19-18-10)17-16(21)8-11-3-2-4-13(20)7-11/h2-7,9,20H,8H2,1H3,(H,17,21)(H,18,19). The maximum Gasteiger partial charge on any atom is 0.228 e. The lowest BCUT2D eigenvalue weighted by Crippen LogP contribution is -2.14. The van der Waals surface area contributed by atoms with E-state index in [2.05, 4.69) is 15.5 Å². The molecule has 0 radical (unpaired) electrons. The average Bonchev–Trinajstić information content (AvgIpc) is 2.80. The summed E-state index contributed by atoms with van der Waals surface area (Å²) < 4.78 is 0. The highest BCUT2D eigenvalue weighted by molar-refractivity contribution is 5.95. The van der Waals surface area contributed by atoms with Crippen LogP contribution in [0, 0.1) is 6.92 Å². The maximum atomic E-state index is 12.0. The number of nitrogens with zero attached hydrogens (tertiary/aromatic N) is 1. The van der Waals surface area contributed by atoms with Gasteiger partial charge in [0.25, 0.3) is 0 Å². The first-order valence-electron chi connectivity index (χ1n) is 6.64. The molecular formula is C16H15N3O2. The number of carbonyl (C=O) groups is 1. The van der Waals surface area contributed by atoms with Crippen molar-refractivity contribution in [2.45, 2.75) is 13.3 Å². The molecule has 2 aromatic carbocycles. The molecule has 5 nitrogen and oxygen atoms in total. The molecule has 3 N–H and O–H groups in total. The predicted molar refractivity (Wildman–Crippen MR) is 81.3 cm³/mol. The van der Waals surface area contributed by atoms with E-state index in [1.165, 1.54) is 0 Å². The Hall–Kier alpha value is -2.82. The van der Waals surface area contributed by atoms with E-state index in [0.29, 0.717) is 5.69 Å². The minimum atomic E-state index is -0.132. The topological polar surface area (TPSA) is 78.0 Å². The van der Waals surface area contributed by atoms with Gasteiger partial charge in [-0.2, -0.15) is 5.10 Å². The first-order valence-corrected chi connectivity index (χ1v) is 6.64. The van der Waals surface area contributed by atoms with Crippen molar-refractivity contribution < 1.29 is 9.90 Å². The van der Waals surface area contributed by atoms with Crippen LogP contribution in [0.4, 0.5) is 5.69 Å². The molecule has 0 saturated heterocycles. The second-order valence-electron chi connectivity index (χ2n) is 4.98. The van der Waals surface area contributed by atoms with E-state index in [4.69, 9.17) is 0 Å². The minimum absolute atomic E-state index is 0.132. The van der Waals surface area contributed by atoms with Gasteiger partial charge >= 0.3 is 0 Å². The van der Waals surface area contributed by atoms with Gasteiger partial charge in [0, 0.05) is 16.8 Å². The van der Waals surface area contributed by atoms with Gasteiger partial charge in [-0.1, -0.05) is 12.1 Å². The van der Waals surface area contributed by atoms with Gasteiger partial charge in [-0.15, -0.1) is 0 Å². The van der Waals surface area contributed by atoms with E-state index in [1.807, 2.05) is 25.1 Å². The predicted octanol–water partition coefficient (Wildman–Crippen LogP) is 2.76. The maximum absolute atomic E-state index is 12.0. The Kier molecular flexibility index (Phi) is 3.31. The largest absolute Gasteiger partial charge is 0.508 e. The molecule has 21 heavy (non-hydrogen) atoms. The SMILES string of the molecule is Cc1[nH]nc2cc(NC(=O)Cc3cccc(O)c3)ccc12. The number of H-pyrrole nitrogens is 1. The molecule has 0 bridgehead atoms. The summed E-state index contributed by atoms with van der Waals surface area (Å²) in [5, 5.41) is 20.4. The number of carbonyl (C=O) groups excluding carboxylic acids is 1. The minimum Gasteiger partial charge on any atom is -0.508 e. The summed E-state index contributed by atoms with van der Waals surface area (Å²) in [5.74, 6) is 0.0286. The number of anilines is 1. The van der Waals surface area contributed by atoms with Crippen molar-refractivity contribution in [2.24, 2.45) is 0 Å². The monoisotopic (exact) mass is 281 g/mol. The van der Waals surface area contributed by atoms with E-state index in [9.17, 15) is 9.90 Å². The zero-order valence-corrected chi connectivity index (χ0v) is 11.6. The fraction of sp³-hybridized carbons (Fsp3) is 0.125. The molecule has 0 spiro atoms. The van der Waals surface area contributed by atoms with Gasteiger partial charge in [0.15, 0.2) is 0 Å². The lowest BCUT2D eigenvalue weighted by molar-refractivity contribution is -0.115. The van der Waals surface area contributed by atoms with Crippen LogP contribution in [0.15, 0.2) is 42.5 Å². The number of phenols is 1. The number of hydrogen-bond acceptors (Lipinski definition) is 3. The van der Waals surface area contributed by atoms with Crippen LogP contribution in [0.5, 0.6) is 5.75 Å². The van der Waals surface area contributed by atoms with Crippen molar-refractivity contribution in [3.8, 4) is 5.75 Å². The Morgan fingerprint density at radius 3 is 2.95 bits per heavy atom. The number of amides is 1. The normalized spacial score (nSPS) is 10.7. The molecule has 3 rings (SSSR count). The van der Waals surface area contributed by atoms with Gasteiger partial charge in [-0.3, -0.25) is 9.89 Å². The average molecular weight is 281 g/mol. The third kappa shape index (κ3) is 2.86. The number of aromatic nitrogens is 2. The highest BCUT2D eigenvalue weighted by Crippen LogP contribution is 2.20. The summed E-state index contributed by atoms with van der Waals surface area (Å²) >= 11 is 0. The quantitative estimate of drug-likeness (QED) is 0.690. The van der Waals surface area contributed by atoms with E-state index in [1.54, 1.807) is 24.3 Å². The van der Waals surface area contributed by atoms with E-state index >= 15 is 0 Å². The number of rotatable bonds is 3. The van der Waals surface area contributed by atoms with Gasteiger partial charge in [0.1, 0.15) is 5.75 Å². The van der Waals surface area contributed by atoms with Gasteiger partial charge in [-0.25, -0.2) is 0 Å². The number of aryl methyl sites for hydroxylation is 1. The Morgan fingerprint density at radius 1 is 1.29 bits per heavy atom. The van der Waals surface area contributed by atoms with Crippen LogP contribution in [0.1, 0.15) is 11.3 Å². The lowest BCUT2D eigenvalue weighted by Gasteiger charge is -2.05. The van der Waals surface area contributed by atoms with Crippen LogP contribution in [0.2, 0.25) is 0 Å². The molecule has 0 aliphatic heterocycles. The van der Waals surface area contributed by atoms with Crippen LogP contribution in [0.3, 0.4) is 0 Å². The molecule has 1 amide bonds. The molecule has 0 aliphatic carbocycles. The second-order valence-corrected chi connectivity index (χ2v) is 4.98. The van der Waals surface area contributed by atoms with E-state index in [-0.39, 0.29) is 18.1 Å². The molecule has 1 heterocycles. The molecule has 0 unspecified atom stereocenters. The first kappa shape index (κ1) is 13.2. The fourth-order valence-electron chi connectivity index (χ4n) is 2.28. The molecule has 0 saturated carbocycles. The zero-order valence-electron chi connectivity index (χ0n) is 11.6. The highest BCUT2D eigenvalue weighted by atomic mass is 16.3. The molecular weight excluding hydrogens is 266 g/mol. The van der Waals surface area contributed by atoms with Crippen LogP contribution < -0.4 is 5.32 Å². The molecule has 0 aliphatic rings. The number of benzene rings is 2. The zero-order chi connectivity index (χ0) is 14.8. The van der Waals surface area contributed by atoms with E-state index in [0.717, 1.165) is 22.2 Å². The molecule has 5 heteroatoms. The highest BCUT2D eigenvalue weighted by Gasteiger charge is 2.07. The summed E-state index contributed by atoms with van der Waals surface area (Å²) in [5.41, 5.74) is 3.30. The van der Waals surface area contributed by atoms with Crippen molar-refractivity contribution >= 4 is 22.5 Å². The number of aromatic amines is 1. The number of fused-ring (bicyclic) bond motifs is 1. The summed E-state index contributed by atoms with van der Waals surface area (Å²) in [6, 6.07) is 12.3. The van der Waals surface area contributed by atoms with Gasteiger partial charge in [-0.05, 0) is 42.8 Å². The van der Waals surface area contributed by atoms with Gasteiger partial charge in [0.05, 0.1) is 11.9 Å². The number of aromatic hydroxyl groups is 1. The van der Waals surface area contributed by atoms with Crippen LogP contribution in [0.25, 0.3) is 10.9 Å². The third-order valence-electron chi connectivity index (χ3n) is 3.30. The van der Waals surface area contributed by atoms with Gasteiger partial charge in [0.2, 0.25) is 5.91 Å². The summed E-state index contributed by atoms with van der Waals surface area (Å²) in [4.78, 5) is 12.0. The molecule has 0 fully saturated rings. The number of phenolic OH excluding ortho intramolecular Hbond substituents is 1. The Morgan fingerprint density at radius 2 is 2.14 bits per heavy atom. The van der Waals surface area contributed by atoms with Crippen LogP contribution >= 0.6 is 0 Å². The lowest BCUT2D eigenvalue weighted by atomic mass is 10.1. The summed E-state index contributed by atoms with van der Waals surface area (Å²) in [6.07, 6.45) is 0.214. The Balaban J connectivity index is 1.73. The Labute approximate surface area is 121 Å². The van der Waals surface area contributed by atoms with Crippen molar-refractivity contribution in [3.63, 3.8) is 0 Å². The van der Waals surface area contributed by atoms with Crippen molar-refractivity contribution in [3.05, 3.63) is 53.7 Å². The molecule has 0 atom stereocenters.